The zero-order valence-electron chi connectivity index (χ0n) is 9.37. The van der Waals surface area contributed by atoms with Crippen molar-refractivity contribution in [3.63, 3.8) is 0 Å². The first-order chi connectivity index (χ1) is 7.50. The third-order valence-electron chi connectivity index (χ3n) is 2.24. The molecule has 2 amide bonds. The highest BCUT2D eigenvalue weighted by Gasteiger charge is 2.11. The molecule has 1 heterocycles. The Kier molecular flexibility index (Phi) is 4.04. The molecule has 1 aromatic rings. The van der Waals surface area contributed by atoms with Gasteiger partial charge in [-0.15, -0.1) is 0 Å². The van der Waals surface area contributed by atoms with Crippen molar-refractivity contribution in [3.8, 4) is 0 Å². The summed E-state index contributed by atoms with van der Waals surface area (Å²) >= 11 is 0. The lowest BCUT2D eigenvalue weighted by atomic mass is 10.1. The first-order valence-electron chi connectivity index (χ1n) is 4.97. The van der Waals surface area contributed by atoms with Gasteiger partial charge in [0.25, 0.3) is 0 Å². The molecule has 16 heavy (non-hydrogen) atoms. The second kappa shape index (κ2) is 5.29. The minimum absolute atomic E-state index is 0.125. The normalized spacial score (nSPS) is 10.1. The van der Waals surface area contributed by atoms with Gasteiger partial charge in [0.1, 0.15) is 5.76 Å². The topological polar surface area (TPSA) is 98.2 Å². The van der Waals surface area contributed by atoms with Crippen molar-refractivity contribution in [2.24, 2.45) is 5.73 Å². The van der Waals surface area contributed by atoms with Gasteiger partial charge in [-0.25, -0.2) is 0 Å². The van der Waals surface area contributed by atoms with Crippen LogP contribution in [0.3, 0.4) is 0 Å². The third-order valence-corrected chi connectivity index (χ3v) is 2.24. The number of aromatic nitrogens is 1. The quantitative estimate of drug-likeness (QED) is 0.726. The van der Waals surface area contributed by atoms with Crippen LogP contribution < -0.4 is 11.1 Å². The van der Waals surface area contributed by atoms with Crippen LogP contribution in [-0.4, -0.2) is 23.5 Å². The summed E-state index contributed by atoms with van der Waals surface area (Å²) in [4.78, 5) is 21.7. The van der Waals surface area contributed by atoms with E-state index >= 15 is 0 Å². The molecule has 0 aliphatic heterocycles. The zero-order valence-corrected chi connectivity index (χ0v) is 9.37. The standard InChI is InChI=1S/C10H15N3O3/c1-6-8(7(2)16-13-6)3-4-10(15)12-5-9(11)14/h3-5H2,1-2H3,(H2,11,14)(H,12,15). The maximum atomic E-state index is 11.3. The highest BCUT2D eigenvalue weighted by Crippen LogP contribution is 2.13. The van der Waals surface area contributed by atoms with Crippen LogP contribution in [0.1, 0.15) is 23.4 Å². The maximum absolute atomic E-state index is 11.3. The van der Waals surface area contributed by atoms with Gasteiger partial charge < -0.3 is 15.6 Å². The molecule has 0 unspecified atom stereocenters. The highest BCUT2D eigenvalue weighted by molar-refractivity contribution is 5.83. The van der Waals surface area contributed by atoms with Crippen LogP contribution in [-0.2, 0) is 16.0 Å². The van der Waals surface area contributed by atoms with Gasteiger partial charge in [-0.2, -0.15) is 0 Å². The lowest BCUT2D eigenvalue weighted by Gasteiger charge is -2.02. The largest absolute Gasteiger partial charge is 0.368 e. The Morgan fingerprint density at radius 3 is 2.62 bits per heavy atom. The Morgan fingerprint density at radius 2 is 2.12 bits per heavy atom. The molecule has 0 bridgehead atoms. The van der Waals surface area contributed by atoms with Crippen molar-refractivity contribution in [1.29, 1.82) is 0 Å². The van der Waals surface area contributed by atoms with Crippen LogP contribution >= 0.6 is 0 Å². The monoisotopic (exact) mass is 225 g/mol. The van der Waals surface area contributed by atoms with E-state index in [-0.39, 0.29) is 18.9 Å². The highest BCUT2D eigenvalue weighted by atomic mass is 16.5. The molecule has 0 aromatic carbocycles. The molecule has 6 heteroatoms. The lowest BCUT2D eigenvalue weighted by molar-refractivity contribution is -0.124. The van der Waals surface area contributed by atoms with Gasteiger partial charge in [-0.1, -0.05) is 5.16 Å². The van der Waals surface area contributed by atoms with Gasteiger partial charge >= 0.3 is 0 Å². The number of nitrogens with one attached hydrogen (secondary N) is 1. The van der Waals surface area contributed by atoms with Crippen molar-refractivity contribution in [3.05, 3.63) is 17.0 Å². The Morgan fingerprint density at radius 1 is 1.44 bits per heavy atom. The summed E-state index contributed by atoms with van der Waals surface area (Å²) in [6.45, 7) is 3.50. The number of primary amides is 1. The molecule has 0 radical (unpaired) electrons. The Labute approximate surface area is 93.2 Å². The molecule has 0 saturated carbocycles. The Hall–Kier alpha value is -1.85. The van der Waals surface area contributed by atoms with Crippen molar-refractivity contribution in [1.82, 2.24) is 10.5 Å². The number of nitrogens with zero attached hydrogens (tertiary/aromatic N) is 1. The van der Waals surface area contributed by atoms with E-state index in [2.05, 4.69) is 10.5 Å². The number of carbonyl (C=O) groups excluding carboxylic acids is 2. The SMILES string of the molecule is Cc1noc(C)c1CCC(=O)NCC(N)=O. The second-order valence-electron chi connectivity index (χ2n) is 3.55. The Balaban J connectivity index is 2.40. The van der Waals surface area contributed by atoms with E-state index in [9.17, 15) is 9.59 Å². The van der Waals surface area contributed by atoms with Crippen LogP contribution in [0.2, 0.25) is 0 Å². The number of hydrogen-bond donors (Lipinski definition) is 2. The number of amides is 2. The van der Waals surface area contributed by atoms with Crippen LogP contribution in [0, 0.1) is 13.8 Å². The number of rotatable bonds is 5. The first-order valence-corrected chi connectivity index (χ1v) is 4.97. The minimum atomic E-state index is -0.550. The summed E-state index contributed by atoms with van der Waals surface area (Å²) in [7, 11) is 0. The van der Waals surface area contributed by atoms with Crippen molar-refractivity contribution >= 4 is 11.8 Å². The molecule has 0 atom stereocenters. The maximum Gasteiger partial charge on any atom is 0.236 e. The van der Waals surface area contributed by atoms with Crippen LogP contribution in [0.25, 0.3) is 0 Å². The van der Waals surface area contributed by atoms with Crippen LogP contribution in [0.15, 0.2) is 4.52 Å². The van der Waals surface area contributed by atoms with Gasteiger partial charge in [-0.3, -0.25) is 9.59 Å². The van der Waals surface area contributed by atoms with Gasteiger partial charge in [0.2, 0.25) is 11.8 Å². The summed E-state index contributed by atoms with van der Waals surface area (Å²) in [5.74, 6) is -0.0373. The van der Waals surface area contributed by atoms with E-state index in [4.69, 9.17) is 10.3 Å². The first kappa shape index (κ1) is 12.2. The van der Waals surface area contributed by atoms with Crippen LogP contribution in [0.4, 0.5) is 0 Å². The fourth-order valence-corrected chi connectivity index (χ4v) is 1.37. The van der Waals surface area contributed by atoms with Gasteiger partial charge in [0.05, 0.1) is 12.2 Å². The summed E-state index contributed by atoms with van der Waals surface area (Å²) in [5.41, 5.74) is 6.63. The molecular weight excluding hydrogens is 210 g/mol. The molecule has 0 aliphatic carbocycles. The fraction of sp³-hybridized carbons (Fsp3) is 0.500. The summed E-state index contributed by atoms with van der Waals surface area (Å²) in [6.07, 6.45) is 0.835. The molecule has 88 valence electrons. The van der Waals surface area contributed by atoms with E-state index < -0.39 is 5.91 Å². The van der Waals surface area contributed by atoms with Gasteiger partial charge in [0.15, 0.2) is 0 Å². The third kappa shape index (κ3) is 3.38. The molecule has 1 rings (SSSR count). The second-order valence-corrected chi connectivity index (χ2v) is 3.55. The predicted octanol–water partition coefficient (Wildman–Crippen LogP) is -0.174. The summed E-state index contributed by atoms with van der Waals surface area (Å²) in [5, 5.41) is 6.21. The minimum Gasteiger partial charge on any atom is -0.368 e. The molecule has 0 fully saturated rings. The van der Waals surface area contributed by atoms with E-state index in [1.807, 2.05) is 6.92 Å². The van der Waals surface area contributed by atoms with E-state index in [0.717, 1.165) is 17.0 Å². The number of nitrogens with two attached hydrogens (primary N) is 1. The lowest BCUT2D eigenvalue weighted by Crippen LogP contribution is -2.33. The van der Waals surface area contributed by atoms with Crippen molar-refractivity contribution < 1.29 is 14.1 Å². The molecule has 6 nitrogen and oxygen atoms in total. The van der Waals surface area contributed by atoms with Crippen molar-refractivity contribution in [2.75, 3.05) is 6.54 Å². The fourth-order valence-electron chi connectivity index (χ4n) is 1.37. The summed E-state index contributed by atoms with van der Waals surface area (Å²) < 4.78 is 4.97. The van der Waals surface area contributed by atoms with Gasteiger partial charge in [-0.05, 0) is 20.3 Å². The number of carbonyl (C=O) groups is 2. The molecule has 0 saturated heterocycles. The van der Waals surface area contributed by atoms with E-state index in [0.29, 0.717) is 6.42 Å². The summed E-state index contributed by atoms with van der Waals surface area (Å²) in [6, 6.07) is 0. The number of hydrogen-bond acceptors (Lipinski definition) is 4. The predicted molar refractivity (Wildman–Crippen MR) is 56.5 cm³/mol. The van der Waals surface area contributed by atoms with Gasteiger partial charge in [0, 0.05) is 12.0 Å². The molecule has 0 spiro atoms. The number of aryl methyl sites for hydroxylation is 2. The smallest absolute Gasteiger partial charge is 0.236 e. The Bertz CT molecular complexity index is 379. The molecular formula is C10H15N3O3. The van der Waals surface area contributed by atoms with E-state index in [1.165, 1.54) is 0 Å². The van der Waals surface area contributed by atoms with Crippen molar-refractivity contribution in [2.45, 2.75) is 26.7 Å². The molecule has 0 aliphatic rings. The van der Waals surface area contributed by atoms with E-state index in [1.54, 1.807) is 6.92 Å². The van der Waals surface area contributed by atoms with Crippen LogP contribution in [0.5, 0.6) is 0 Å². The average molecular weight is 225 g/mol. The zero-order chi connectivity index (χ0) is 12.1. The molecule has 1 aromatic heterocycles. The average Bonchev–Trinajstić information content (AvgIpc) is 2.53. The molecule has 3 N–H and O–H groups in total.